The lowest BCUT2D eigenvalue weighted by Gasteiger charge is -2.38. The van der Waals surface area contributed by atoms with Crippen molar-refractivity contribution in [2.45, 2.75) is 71.3 Å². The lowest BCUT2D eigenvalue weighted by Crippen LogP contribution is -2.45. The molecule has 0 bridgehead atoms. The van der Waals surface area contributed by atoms with Gasteiger partial charge in [0.1, 0.15) is 17.0 Å². The first-order valence-corrected chi connectivity index (χ1v) is 14.3. The van der Waals surface area contributed by atoms with Crippen LogP contribution in [0.4, 0.5) is 8.78 Å². The maximum absolute atomic E-state index is 15.2. The average molecular weight is 599 g/mol. The molecule has 4 rings (SSSR count). The van der Waals surface area contributed by atoms with Crippen molar-refractivity contribution in [3.05, 3.63) is 69.2 Å². The summed E-state index contributed by atoms with van der Waals surface area (Å²) in [5.74, 6) is -1.70. The molecule has 9 heteroatoms. The summed E-state index contributed by atoms with van der Waals surface area (Å²) >= 11 is 12.0. The zero-order valence-corrected chi connectivity index (χ0v) is 26.2. The summed E-state index contributed by atoms with van der Waals surface area (Å²) in [5.41, 5.74) is -0.836. The maximum atomic E-state index is 15.2. The van der Waals surface area contributed by atoms with E-state index in [0.29, 0.717) is 18.5 Å². The third-order valence-electron chi connectivity index (χ3n) is 7.09. The van der Waals surface area contributed by atoms with E-state index in [1.807, 2.05) is 25.8 Å². The van der Waals surface area contributed by atoms with Crippen molar-refractivity contribution in [1.82, 2.24) is 9.80 Å². The summed E-state index contributed by atoms with van der Waals surface area (Å²) in [6.45, 7) is 12.6. The minimum Gasteiger partial charge on any atom is -0.400 e. The minimum atomic E-state index is -1.29. The van der Waals surface area contributed by atoms with Gasteiger partial charge in [0.05, 0.1) is 11.1 Å². The van der Waals surface area contributed by atoms with E-state index >= 15 is 8.78 Å². The van der Waals surface area contributed by atoms with Crippen molar-refractivity contribution >= 4 is 29.6 Å². The van der Waals surface area contributed by atoms with Crippen molar-refractivity contribution in [3.63, 3.8) is 0 Å². The number of likely N-dealkylation sites (tertiary alicyclic amines) is 2. The van der Waals surface area contributed by atoms with Crippen LogP contribution in [0.3, 0.4) is 0 Å². The van der Waals surface area contributed by atoms with Crippen LogP contribution in [-0.2, 0) is 10.2 Å². The van der Waals surface area contributed by atoms with E-state index in [1.165, 1.54) is 25.0 Å². The highest BCUT2D eigenvalue weighted by Gasteiger charge is 2.57. The molecule has 0 aromatic heterocycles. The first-order valence-electron chi connectivity index (χ1n) is 13.6. The Labute approximate surface area is 248 Å². The Bertz CT molecular complexity index is 1130. The van der Waals surface area contributed by atoms with Gasteiger partial charge in [0.25, 0.3) is 0 Å². The van der Waals surface area contributed by atoms with Gasteiger partial charge in [-0.05, 0) is 55.5 Å². The van der Waals surface area contributed by atoms with Gasteiger partial charge in [-0.2, -0.15) is 5.26 Å². The predicted octanol–water partition coefficient (Wildman–Crippen LogP) is 7.44. The molecule has 0 saturated carbocycles. The molecule has 2 aromatic rings. The third-order valence-corrected chi connectivity index (χ3v) is 7.62. The smallest absolute Gasteiger partial charge is 0.209 e. The van der Waals surface area contributed by atoms with E-state index in [2.05, 4.69) is 26.8 Å². The molecule has 5 nitrogen and oxygen atoms in total. The number of carbonyl (C=O) groups excluding carboxylic acids is 1. The summed E-state index contributed by atoms with van der Waals surface area (Å²) in [5, 5.41) is 17.8. The topological polar surface area (TPSA) is 67.6 Å². The van der Waals surface area contributed by atoms with Crippen LogP contribution in [0.25, 0.3) is 0 Å². The molecular weight excluding hydrogens is 555 g/mol. The molecule has 2 saturated heterocycles. The Morgan fingerprint density at radius 2 is 1.73 bits per heavy atom. The molecule has 0 aliphatic carbocycles. The zero-order valence-electron chi connectivity index (χ0n) is 24.6. The normalized spacial score (nSPS) is 22.1. The number of aliphatic hydroxyl groups excluding tert-OH is 1. The number of benzene rings is 2. The number of aliphatic hydroxyl groups is 1. The molecule has 40 heavy (non-hydrogen) atoms. The van der Waals surface area contributed by atoms with Crippen LogP contribution in [0.1, 0.15) is 70.9 Å². The number of halogens is 4. The van der Waals surface area contributed by atoms with Crippen molar-refractivity contribution in [1.29, 1.82) is 5.26 Å². The summed E-state index contributed by atoms with van der Waals surface area (Å²) in [7, 11) is 2.90. The first-order chi connectivity index (χ1) is 18.9. The Kier molecular flexibility index (Phi) is 14.6. The molecule has 0 radical (unpaired) electrons. The first kappa shape index (κ1) is 35.8. The van der Waals surface area contributed by atoms with E-state index in [4.69, 9.17) is 28.3 Å². The van der Waals surface area contributed by atoms with Crippen LogP contribution in [0.2, 0.25) is 10.0 Å². The standard InChI is InChI=1S/C23H24Cl2F2N2.C5H9NO.C2H6.CH4O/c1-22(2,3)11-20-23(13-28,16-9-8-14(24)10-19(16)26)17(12-29(20)4)15-6-5-7-18(25)21(15)27;7-5-6-3-1-2-4-6;2*1-2/h5-10,17,20H,11-12H2,1-4H3;5H,1-4H2;1-2H3;2H,1H3/t17?,20?,23-;;;/m1.../s1. The van der Waals surface area contributed by atoms with Crippen molar-refractivity contribution in [3.8, 4) is 6.07 Å². The van der Waals surface area contributed by atoms with Crippen LogP contribution >= 0.6 is 23.2 Å². The number of amides is 1. The van der Waals surface area contributed by atoms with Gasteiger partial charge in [-0.1, -0.05) is 76.0 Å². The van der Waals surface area contributed by atoms with Crippen molar-refractivity contribution in [2.75, 3.05) is 33.8 Å². The summed E-state index contributed by atoms with van der Waals surface area (Å²) in [4.78, 5) is 13.8. The SMILES string of the molecule is CC.CN1CC(c2cccc(Cl)c2F)[C@@](C#N)(c2ccc(Cl)cc2F)C1CC(C)(C)C.CO.O=CN1CCCC1. The minimum absolute atomic E-state index is 0.00663. The largest absolute Gasteiger partial charge is 0.400 e. The van der Waals surface area contributed by atoms with E-state index in [1.54, 1.807) is 29.2 Å². The van der Waals surface area contributed by atoms with Gasteiger partial charge in [0, 0.05) is 49.3 Å². The molecule has 2 fully saturated rings. The van der Waals surface area contributed by atoms with E-state index in [9.17, 15) is 10.1 Å². The van der Waals surface area contributed by atoms with Crippen LogP contribution in [-0.4, -0.2) is 61.2 Å². The average Bonchev–Trinajstić information content (AvgIpc) is 3.55. The fourth-order valence-corrected chi connectivity index (χ4v) is 5.76. The molecular formula is C31H43Cl2F2N3O2. The van der Waals surface area contributed by atoms with Crippen LogP contribution < -0.4 is 0 Å². The number of carbonyl (C=O) groups is 1. The quantitative estimate of drug-likeness (QED) is 0.372. The summed E-state index contributed by atoms with van der Waals surface area (Å²) < 4.78 is 30.2. The molecule has 2 aromatic carbocycles. The van der Waals surface area contributed by atoms with E-state index < -0.39 is 23.0 Å². The predicted molar refractivity (Wildman–Crippen MR) is 160 cm³/mol. The molecule has 222 valence electrons. The molecule has 3 atom stereocenters. The fourth-order valence-electron chi connectivity index (χ4n) is 5.42. The van der Waals surface area contributed by atoms with Gasteiger partial charge in [0.2, 0.25) is 6.41 Å². The third kappa shape index (κ3) is 8.39. The molecule has 0 spiro atoms. The number of rotatable bonds is 4. The van der Waals surface area contributed by atoms with Crippen molar-refractivity contribution < 1.29 is 18.7 Å². The van der Waals surface area contributed by atoms with Gasteiger partial charge in [-0.15, -0.1) is 0 Å². The zero-order chi connectivity index (χ0) is 30.7. The summed E-state index contributed by atoms with van der Waals surface area (Å²) in [6, 6.07) is 11.2. The van der Waals surface area contributed by atoms with Crippen molar-refractivity contribution in [2.24, 2.45) is 5.41 Å². The molecule has 2 aliphatic heterocycles. The number of hydrogen-bond donors (Lipinski definition) is 1. The van der Waals surface area contributed by atoms with E-state index in [0.717, 1.165) is 26.6 Å². The second-order valence-electron chi connectivity index (χ2n) is 10.9. The molecule has 1 amide bonds. The molecule has 2 heterocycles. The fraction of sp³-hybridized carbons (Fsp3) is 0.548. The van der Waals surface area contributed by atoms with Crippen LogP contribution in [0.15, 0.2) is 36.4 Å². The highest BCUT2D eigenvalue weighted by Crippen LogP contribution is 2.53. The monoisotopic (exact) mass is 597 g/mol. The second-order valence-corrected chi connectivity index (χ2v) is 11.7. The van der Waals surface area contributed by atoms with Crippen LogP contribution in [0.5, 0.6) is 0 Å². The van der Waals surface area contributed by atoms with Gasteiger partial charge < -0.3 is 14.9 Å². The highest BCUT2D eigenvalue weighted by atomic mass is 35.5. The van der Waals surface area contributed by atoms with Gasteiger partial charge in [-0.25, -0.2) is 8.78 Å². The highest BCUT2D eigenvalue weighted by molar-refractivity contribution is 6.31. The Morgan fingerprint density at radius 3 is 2.20 bits per heavy atom. The number of likely N-dealkylation sites (N-methyl/N-ethyl adjacent to an activating group) is 1. The number of nitriles is 1. The molecule has 1 N–H and O–H groups in total. The second kappa shape index (κ2) is 16.3. The van der Waals surface area contributed by atoms with Gasteiger partial charge in [-0.3, -0.25) is 4.79 Å². The lowest BCUT2D eigenvalue weighted by atomic mass is 9.64. The van der Waals surface area contributed by atoms with Gasteiger partial charge >= 0.3 is 0 Å². The Hall–Kier alpha value is -2.24. The molecule has 2 aliphatic rings. The summed E-state index contributed by atoms with van der Waals surface area (Å²) in [6.07, 6.45) is 3.95. The number of hydrogen-bond acceptors (Lipinski definition) is 4. The van der Waals surface area contributed by atoms with E-state index in [-0.39, 0.29) is 27.1 Å². The van der Waals surface area contributed by atoms with Gasteiger partial charge in [0.15, 0.2) is 0 Å². The maximum Gasteiger partial charge on any atom is 0.209 e. The Morgan fingerprint density at radius 1 is 1.12 bits per heavy atom. The molecule has 2 unspecified atom stereocenters. The number of nitrogens with zero attached hydrogens (tertiary/aromatic N) is 3. The Balaban J connectivity index is 0.000000617. The van der Waals surface area contributed by atoms with Crippen LogP contribution in [0, 0.1) is 28.4 Å². The lowest BCUT2D eigenvalue weighted by molar-refractivity contribution is -0.117.